The Morgan fingerprint density at radius 3 is 2.51 bits per heavy atom. The predicted molar refractivity (Wildman–Crippen MR) is 140 cm³/mol. The molecule has 1 atom stereocenters. The van der Waals surface area contributed by atoms with Gasteiger partial charge in [0.15, 0.2) is 11.5 Å². The van der Waals surface area contributed by atoms with Crippen molar-refractivity contribution in [1.29, 1.82) is 0 Å². The smallest absolute Gasteiger partial charge is 0.300 e. The molecule has 0 aliphatic carbocycles. The number of Topliss-reactive ketones (excluding diaryl/α,β-unsaturated/α-hetero) is 1. The maximum absolute atomic E-state index is 13.4. The fraction of sp³-hybridized carbons (Fsp3) is 0.241. The van der Waals surface area contributed by atoms with Crippen LogP contribution in [0.1, 0.15) is 30.5 Å². The number of aliphatic hydroxyl groups excluding tert-OH is 1. The van der Waals surface area contributed by atoms with Crippen LogP contribution in [0.2, 0.25) is 0 Å². The van der Waals surface area contributed by atoms with E-state index in [9.17, 15) is 14.7 Å². The lowest BCUT2D eigenvalue weighted by atomic mass is 9.94. The van der Waals surface area contributed by atoms with Crippen molar-refractivity contribution < 1.29 is 28.9 Å². The van der Waals surface area contributed by atoms with Crippen molar-refractivity contribution in [3.8, 4) is 17.2 Å². The van der Waals surface area contributed by atoms with Crippen molar-refractivity contribution >= 4 is 28.8 Å². The summed E-state index contributed by atoms with van der Waals surface area (Å²) in [5.41, 5.74) is 2.51. The van der Waals surface area contributed by atoms with Crippen LogP contribution in [0.4, 0.5) is 11.4 Å². The highest BCUT2D eigenvalue weighted by atomic mass is 16.7. The zero-order valence-corrected chi connectivity index (χ0v) is 20.9. The molecule has 2 heterocycles. The summed E-state index contributed by atoms with van der Waals surface area (Å²) in [6.07, 6.45) is 0.833. The number of benzene rings is 3. The molecule has 5 rings (SSSR count). The number of nitrogens with zero attached hydrogens (tertiary/aromatic N) is 2. The fourth-order valence-electron chi connectivity index (χ4n) is 4.51. The van der Waals surface area contributed by atoms with Crippen LogP contribution in [0.3, 0.4) is 0 Å². The zero-order valence-electron chi connectivity index (χ0n) is 20.9. The third-order valence-corrected chi connectivity index (χ3v) is 6.38. The Kier molecular flexibility index (Phi) is 6.48. The third kappa shape index (κ3) is 4.46. The highest BCUT2D eigenvalue weighted by molar-refractivity contribution is 6.51. The lowest BCUT2D eigenvalue weighted by molar-refractivity contribution is -0.132. The average Bonchev–Trinajstić information content (AvgIpc) is 3.49. The molecule has 1 amide bonds. The Balaban J connectivity index is 1.65. The van der Waals surface area contributed by atoms with Crippen molar-refractivity contribution in [2.24, 2.45) is 0 Å². The number of amides is 1. The summed E-state index contributed by atoms with van der Waals surface area (Å²) in [5.74, 6) is -0.136. The second-order valence-electron chi connectivity index (χ2n) is 9.07. The topological polar surface area (TPSA) is 88.5 Å². The van der Waals surface area contributed by atoms with Crippen LogP contribution < -0.4 is 24.0 Å². The number of rotatable bonds is 7. The van der Waals surface area contributed by atoms with E-state index >= 15 is 0 Å². The molecule has 8 nitrogen and oxygen atoms in total. The van der Waals surface area contributed by atoms with Gasteiger partial charge in [-0.05, 0) is 48.4 Å². The fourth-order valence-corrected chi connectivity index (χ4v) is 4.51. The van der Waals surface area contributed by atoms with E-state index in [1.165, 1.54) is 4.90 Å². The molecular formula is C29H28N2O6. The zero-order chi connectivity index (χ0) is 26.1. The Labute approximate surface area is 215 Å². The Bertz CT molecular complexity index is 1380. The molecule has 0 bridgehead atoms. The summed E-state index contributed by atoms with van der Waals surface area (Å²) < 4.78 is 16.6. The number of carbonyl (C=O) groups is 2. The van der Waals surface area contributed by atoms with E-state index < -0.39 is 17.7 Å². The highest BCUT2D eigenvalue weighted by Crippen LogP contribution is 2.45. The first-order chi connectivity index (χ1) is 17.9. The van der Waals surface area contributed by atoms with Crippen LogP contribution in [0, 0.1) is 0 Å². The lowest BCUT2D eigenvalue weighted by Crippen LogP contribution is -2.29. The summed E-state index contributed by atoms with van der Waals surface area (Å²) in [6, 6.07) is 18.7. The van der Waals surface area contributed by atoms with Gasteiger partial charge in [-0.15, -0.1) is 0 Å². The average molecular weight is 501 g/mol. The molecule has 37 heavy (non-hydrogen) atoms. The lowest BCUT2D eigenvalue weighted by Gasteiger charge is -2.26. The van der Waals surface area contributed by atoms with Crippen molar-refractivity contribution in [3.05, 3.63) is 83.4 Å². The standard InChI is InChI=1S/C29H28N2O6/c1-4-14-35-22-7-5-6-19(15-22)27(32)25-26(18-8-10-20(11-9-18)30(2)3)31(29(34)28(25)33)21-12-13-23-24(16-21)37-17-36-23/h5-13,15-16,26,32H,4,14,17H2,1-3H3/b27-25+. The van der Waals surface area contributed by atoms with Gasteiger partial charge in [0.05, 0.1) is 18.2 Å². The van der Waals surface area contributed by atoms with Gasteiger partial charge in [0.25, 0.3) is 11.7 Å². The molecule has 8 heteroatoms. The van der Waals surface area contributed by atoms with Crippen LogP contribution in [-0.2, 0) is 9.59 Å². The number of ether oxygens (including phenoxy) is 3. The number of aliphatic hydroxyl groups is 1. The molecule has 0 aromatic heterocycles. The Morgan fingerprint density at radius 2 is 1.78 bits per heavy atom. The minimum absolute atomic E-state index is 0.00733. The normalized spacial score (nSPS) is 17.8. The molecular weight excluding hydrogens is 472 g/mol. The molecule has 1 N–H and O–H groups in total. The minimum Gasteiger partial charge on any atom is -0.507 e. The van der Waals surface area contributed by atoms with Crippen molar-refractivity contribution in [2.75, 3.05) is 37.3 Å². The molecule has 190 valence electrons. The van der Waals surface area contributed by atoms with E-state index in [1.807, 2.05) is 50.2 Å². The van der Waals surface area contributed by atoms with Crippen LogP contribution in [-0.4, -0.2) is 44.3 Å². The number of ketones is 1. The van der Waals surface area contributed by atoms with Crippen molar-refractivity contribution in [1.82, 2.24) is 0 Å². The predicted octanol–water partition coefficient (Wildman–Crippen LogP) is 4.90. The van der Waals surface area contributed by atoms with Gasteiger partial charge in [0, 0.05) is 37.1 Å². The first-order valence-corrected chi connectivity index (χ1v) is 12.1. The maximum atomic E-state index is 13.4. The van der Waals surface area contributed by atoms with E-state index in [0.717, 1.165) is 12.1 Å². The molecule has 1 unspecified atom stereocenters. The van der Waals surface area contributed by atoms with E-state index in [4.69, 9.17) is 14.2 Å². The second kappa shape index (κ2) is 9.89. The van der Waals surface area contributed by atoms with Crippen LogP contribution in [0.25, 0.3) is 5.76 Å². The van der Waals surface area contributed by atoms with Gasteiger partial charge in [0.1, 0.15) is 11.5 Å². The number of anilines is 2. The molecule has 0 spiro atoms. The maximum Gasteiger partial charge on any atom is 0.300 e. The summed E-state index contributed by atoms with van der Waals surface area (Å²) in [5, 5.41) is 11.4. The third-order valence-electron chi connectivity index (χ3n) is 6.38. The Hall–Kier alpha value is -4.46. The van der Waals surface area contributed by atoms with E-state index in [-0.39, 0.29) is 18.1 Å². The largest absolute Gasteiger partial charge is 0.507 e. The molecule has 0 saturated carbocycles. The summed E-state index contributed by atoms with van der Waals surface area (Å²) in [7, 11) is 3.86. The quantitative estimate of drug-likeness (QED) is 0.281. The van der Waals surface area contributed by atoms with Crippen LogP contribution in [0.15, 0.2) is 72.3 Å². The van der Waals surface area contributed by atoms with Gasteiger partial charge in [0.2, 0.25) is 6.79 Å². The van der Waals surface area contributed by atoms with E-state index in [2.05, 4.69) is 0 Å². The summed E-state index contributed by atoms with van der Waals surface area (Å²) in [4.78, 5) is 30.3. The molecule has 1 saturated heterocycles. The number of fused-ring (bicyclic) bond motifs is 1. The van der Waals surface area contributed by atoms with Gasteiger partial charge in [-0.1, -0.05) is 31.2 Å². The van der Waals surface area contributed by atoms with E-state index in [1.54, 1.807) is 42.5 Å². The van der Waals surface area contributed by atoms with Gasteiger partial charge in [-0.3, -0.25) is 14.5 Å². The SMILES string of the molecule is CCCOc1cccc(/C(O)=C2\C(=O)C(=O)N(c3ccc4c(c3)OCO4)C2c2ccc(N(C)C)cc2)c1. The highest BCUT2D eigenvalue weighted by Gasteiger charge is 2.47. The van der Waals surface area contributed by atoms with Crippen molar-refractivity contribution in [3.63, 3.8) is 0 Å². The molecule has 3 aromatic rings. The molecule has 2 aliphatic heterocycles. The van der Waals surface area contributed by atoms with E-state index in [0.29, 0.717) is 40.7 Å². The number of hydrogen-bond donors (Lipinski definition) is 1. The first kappa shape index (κ1) is 24.2. The first-order valence-electron chi connectivity index (χ1n) is 12.1. The monoisotopic (exact) mass is 500 g/mol. The summed E-state index contributed by atoms with van der Waals surface area (Å²) >= 11 is 0. The van der Waals surface area contributed by atoms with Gasteiger partial charge < -0.3 is 24.2 Å². The van der Waals surface area contributed by atoms with Gasteiger partial charge >= 0.3 is 0 Å². The van der Waals surface area contributed by atoms with Crippen LogP contribution >= 0.6 is 0 Å². The molecule has 0 radical (unpaired) electrons. The molecule has 2 aliphatic rings. The number of carbonyl (C=O) groups excluding carboxylic acids is 2. The molecule has 3 aromatic carbocycles. The number of hydrogen-bond acceptors (Lipinski definition) is 7. The second-order valence-corrected chi connectivity index (χ2v) is 9.07. The van der Waals surface area contributed by atoms with Crippen molar-refractivity contribution in [2.45, 2.75) is 19.4 Å². The van der Waals surface area contributed by atoms with Crippen LogP contribution in [0.5, 0.6) is 17.2 Å². The summed E-state index contributed by atoms with van der Waals surface area (Å²) in [6.45, 7) is 2.61. The molecule has 1 fully saturated rings. The Morgan fingerprint density at radius 1 is 1.03 bits per heavy atom. The van der Waals surface area contributed by atoms with Gasteiger partial charge in [-0.25, -0.2) is 0 Å². The van der Waals surface area contributed by atoms with Gasteiger partial charge in [-0.2, -0.15) is 0 Å². The minimum atomic E-state index is -0.850.